The highest BCUT2D eigenvalue weighted by Crippen LogP contribution is 2.32. The molecule has 3 nitrogen and oxygen atoms in total. The first-order valence-corrected chi connectivity index (χ1v) is 11.0. The van der Waals surface area contributed by atoms with Gasteiger partial charge in [-0.25, -0.2) is 0 Å². The van der Waals surface area contributed by atoms with E-state index in [2.05, 4.69) is 43.3 Å². The number of aromatic nitrogens is 1. The lowest BCUT2D eigenvalue weighted by Crippen LogP contribution is -2.05. The largest absolute Gasteiger partial charge is 0.464 e. The van der Waals surface area contributed by atoms with Crippen LogP contribution in [0.5, 0.6) is 0 Å². The van der Waals surface area contributed by atoms with E-state index in [1.54, 1.807) is 6.26 Å². The van der Waals surface area contributed by atoms with Gasteiger partial charge in [0.1, 0.15) is 5.76 Å². The van der Waals surface area contributed by atoms with Crippen LogP contribution in [-0.4, -0.2) is 10.8 Å². The summed E-state index contributed by atoms with van der Waals surface area (Å²) in [5.41, 5.74) is 9.66. The van der Waals surface area contributed by atoms with Crippen LogP contribution in [0.4, 0.5) is 0 Å². The molecule has 5 rings (SSSR count). The third-order valence-electron chi connectivity index (χ3n) is 6.06. The average molecular weight is 420 g/mol. The molecule has 2 heterocycles. The molecule has 32 heavy (non-hydrogen) atoms. The fourth-order valence-corrected chi connectivity index (χ4v) is 4.35. The zero-order valence-electron chi connectivity index (χ0n) is 18.4. The van der Waals surface area contributed by atoms with Crippen LogP contribution >= 0.6 is 0 Å². The number of carbonyl (C=O) groups excluding carboxylic acids is 1. The lowest BCUT2D eigenvalue weighted by atomic mass is 9.95. The van der Waals surface area contributed by atoms with Gasteiger partial charge in [0.05, 0.1) is 12.0 Å². The number of hydrogen-bond donors (Lipinski definition) is 0. The first-order chi connectivity index (χ1) is 15.6. The quantitative estimate of drug-likeness (QED) is 0.333. The first kappa shape index (κ1) is 20.2. The second-order valence-electron chi connectivity index (χ2n) is 8.51. The van der Waals surface area contributed by atoms with Gasteiger partial charge in [0.15, 0.2) is 5.78 Å². The van der Waals surface area contributed by atoms with Crippen LogP contribution in [0.2, 0.25) is 0 Å². The van der Waals surface area contributed by atoms with Crippen LogP contribution in [0.3, 0.4) is 0 Å². The molecule has 2 aromatic heterocycles. The lowest BCUT2D eigenvalue weighted by Gasteiger charge is -2.12. The number of ketones is 1. The number of aryl methyl sites for hydroxylation is 2. The number of fused-ring (bicyclic) bond motifs is 1. The summed E-state index contributed by atoms with van der Waals surface area (Å²) in [4.78, 5) is 17.7. The Labute approximate surface area is 188 Å². The van der Waals surface area contributed by atoms with Gasteiger partial charge in [-0.1, -0.05) is 54.1 Å². The number of furan rings is 1. The predicted molar refractivity (Wildman–Crippen MR) is 128 cm³/mol. The van der Waals surface area contributed by atoms with Gasteiger partial charge in [-0.3, -0.25) is 9.78 Å². The van der Waals surface area contributed by atoms with Gasteiger partial charge >= 0.3 is 0 Å². The smallest absolute Gasteiger partial charge is 0.167 e. The minimum absolute atomic E-state index is 0.144. The maximum absolute atomic E-state index is 12.8. The first-order valence-electron chi connectivity index (χ1n) is 11.0. The highest BCUT2D eigenvalue weighted by atomic mass is 16.3. The fraction of sp³-hybridized carbons (Fsp3) is 0.172. The molecule has 0 amide bonds. The number of nitrogens with zero attached hydrogens (tertiary/aromatic N) is 1. The van der Waals surface area contributed by atoms with Crippen LogP contribution in [0.15, 0.2) is 77.4 Å². The van der Waals surface area contributed by atoms with E-state index in [0.29, 0.717) is 6.42 Å². The molecule has 0 spiro atoms. The van der Waals surface area contributed by atoms with Crippen molar-refractivity contribution in [2.75, 3.05) is 0 Å². The van der Waals surface area contributed by atoms with Gasteiger partial charge < -0.3 is 4.42 Å². The summed E-state index contributed by atoms with van der Waals surface area (Å²) < 4.78 is 5.69. The molecule has 0 saturated carbocycles. The van der Waals surface area contributed by atoms with Crippen LogP contribution in [-0.2, 0) is 19.3 Å². The third-order valence-corrected chi connectivity index (χ3v) is 6.06. The highest BCUT2D eigenvalue weighted by Gasteiger charge is 2.17. The Morgan fingerprint density at radius 1 is 1.03 bits per heavy atom. The summed E-state index contributed by atoms with van der Waals surface area (Å²) >= 11 is 0. The van der Waals surface area contributed by atoms with E-state index in [1.165, 1.54) is 11.1 Å². The third kappa shape index (κ3) is 4.06. The molecule has 3 heteroatoms. The Hall–Kier alpha value is -3.72. The van der Waals surface area contributed by atoms with E-state index in [1.807, 2.05) is 43.3 Å². The van der Waals surface area contributed by atoms with Gasteiger partial charge in [0, 0.05) is 41.6 Å². The lowest BCUT2D eigenvalue weighted by molar-refractivity contribution is 0.0993. The normalized spacial score (nSPS) is 12.2. The number of hydrogen-bond acceptors (Lipinski definition) is 3. The van der Waals surface area contributed by atoms with Crippen molar-refractivity contribution < 1.29 is 9.21 Å². The molecule has 158 valence electrons. The van der Waals surface area contributed by atoms with E-state index in [9.17, 15) is 4.79 Å². The van der Waals surface area contributed by atoms with Gasteiger partial charge in [-0.2, -0.15) is 0 Å². The molecule has 0 atom stereocenters. The summed E-state index contributed by atoms with van der Waals surface area (Å²) in [6, 6.07) is 20.2. The molecule has 0 aliphatic heterocycles. The number of Topliss-reactive ketones (excluding diaryl/α,β-unsaturated/α-hetero) is 1. The number of pyridine rings is 1. The standard InChI is InChI=1S/C29H25NO2/c1-19-6-3-7-22(14-19)28(31)16-21-12-11-20(2)23(15-21)17-24-18-26(29-10-5-13-32-29)25-8-4-9-27(25)30-24/h3-8,10-15,18H,9,16-17H2,1-2H3. The van der Waals surface area contributed by atoms with Crippen molar-refractivity contribution in [1.82, 2.24) is 4.98 Å². The fourth-order valence-electron chi connectivity index (χ4n) is 4.35. The predicted octanol–water partition coefficient (Wildman–Crippen LogP) is 6.54. The summed E-state index contributed by atoms with van der Waals surface area (Å²) in [5.74, 6) is 1.01. The van der Waals surface area contributed by atoms with Crippen molar-refractivity contribution in [3.8, 4) is 11.3 Å². The second kappa shape index (κ2) is 8.43. The van der Waals surface area contributed by atoms with Gasteiger partial charge in [0.25, 0.3) is 0 Å². The molecule has 0 saturated heterocycles. The zero-order chi connectivity index (χ0) is 22.1. The molecular weight excluding hydrogens is 394 g/mol. The molecule has 2 aromatic carbocycles. The van der Waals surface area contributed by atoms with E-state index >= 15 is 0 Å². The van der Waals surface area contributed by atoms with Crippen LogP contribution in [0.1, 0.15) is 49.6 Å². The van der Waals surface area contributed by atoms with Crippen molar-refractivity contribution >= 4 is 11.9 Å². The van der Waals surface area contributed by atoms with Crippen molar-refractivity contribution in [2.24, 2.45) is 0 Å². The Morgan fingerprint density at radius 3 is 2.75 bits per heavy atom. The van der Waals surface area contributed by atoms with Crippen LogP contribution in [0, 0.1) is 13.8 Å². The van der Waals surface area contributed by atoms with E-state index < -0.39 is 0 Å². The van der Waals surface area contributed by atoms with E-state index in [-0.39, 0.29) is 5.78 Å². The highest BCUT2D eigenvalue weighted by molar-refractivity contribution is 5.97. The molecule has 0 radical (unpaired) electrons. The maximum atomic E-state index is 12.8. The van der Waals surface area contributed by atoms with Crippen molar-refractivity contribution in [2.45, 2.75) is 33.1 Å². The maximum Gasteiger partial charge on any atom is 0.167 e. The molecule has 1 aliphatic rings. The molecule has 4 aromatic rings. The van der Waals surface area contributed by atoms with Crippen molar-refractivity contribution in [1.29, 1.82) is 0 Å². The summed E-state index contributed by atoms with van der Waals surface area (Å²) in [5, 5.41) is 0. The molecule has 0 N–H and O–H groups in total. The van der Waals surface area contributed by atoms with Crippen molar-refractivity contribution in [3.05, 3.63) is 118 Å². The SMILES string of the molecule is Cc1cccc(C(=O)Cc2ccc(C)c(Cc3cc(-c4ccco4)c4c(n3)CC=C4)c2)c1. The van der Waals surface area contributed by atoms with Gasteiger partial charge in [-0.15, -0.1) is 0 Å². The number of carbonyl (C=O) groups is 1. The topological polar surface area (TPSA) is 43.1 Å². The Morgan fingerprint density at radius 2 is 1.94 bits per heavy atom. The minimum atomic E-state index is 0.144. The average Bonchev–Trinajstić information content (AvgIpc) is 3.47. The summed E-state index contributed by atoms with van der Waals surface area (Å²) in [6.07, 6.45) is 7.96. The molecule has 0 bridgehead atoms. The minimum Gasteiger partial charge on any atom is -0.464 e. The zero-order valence-corrected chi connectivity index (χ0v) is 18.4. The number of allylic oxidation sites excluding steroid dienone is 1. The Kier molecular flexibility index (Phi) is 5.32. The monoisotopic (exact) mass is 419 g/mol. The summed E-state index contributed by atoms with van der Waals surface area (Å²) in [6.45, 7) is 4.13. The van der Waals surface area contributed by atoms with Gasteiger partial charge in [-0.05, 0) is 54.8 Å². The molecular formula is C29H25NO2. The van der Waals surface area contributed by atoms with E-state index in [0.717, 1.165) is 57.8 Å². The van der Waals surface area contributed by atoms with E-state index in [4.69, 9.17) is 9.40 Å². The molecule has 0 fully saturated rings. The van der Waals surface area contributed by atoms with Gasteiger partial charge in [0.2, 0.25) is 0 Å². The Bertz CT molecular complexity index is 1330. The summed E-state index contributed by atoms with van der Waals surface area (Å²) in [7, 11) is 0. The van der Waals surface area contributed by atoms with Crippen molar-refractivity contribution in [3.63, 3.8) is 0 Å². The molecule has 0 unspecified atom stereocenters. The number of rotatable bonds is 6. The second-order valence-corrected chi connectivity index (χ2v) is 8.51. The van der Waals surface area contributed by atoms with Crippen LogP contribution in [0.25, 0.3) is 17.4 Å². The molecule has 1 aliphatic carbocycles. The number of benzene rings is 2. The van der Waals surface area contributed by atoms with Crippen LogP contribution < -0.4 is 0 Å². The Balaban J connectivity index is 1.43.